The van der Waals surface area contributed by atoms with Gasteiger partial charge in [0.05, 0.1) is 11.7 Å². The zero-order valence-corrected chi connectivity index (χ0v) is 13.1. The van der Waals surface area contributed by atoms with Crippen LogP contribution in [-0.2, 0) is 9.59 Å². The minimum atomic E-state index is -0.544. The Bertz CT molecular complexity index is 568. The quantitative estimate of drug-likeness (QED) is 0.872. The van der Waals surface area contributed by atoms with Crippen LogP contribution in [0.4, 0.5) is 10.1 Å². The number of nitrogens with zero attached hydrogens (tertiary/aromatic N) is 1. The van der Waals surface area contributed by atoms with E-state index in [1.54, 1.807) is 0 Å². The van der Waals surface area contributed by atoms with E-state index in [1.165, 1.54) is 23.1 Å². The van der Waals surface area contributed by atoms with Gasteiger partial charge in [0.15, 0.2) is 0 Å². The van der Waals surface area contributed by atoms with Gasteiger partial charge in [-0.3, -0.25) is 14.9 Å². The first-order chi connectivity index (χ1) is 10.5. The van der Waals surface area contributed by atoms with E-state index in [0.29, 0.717) is 18.8 Å². The lowest BCUT2D eigenvalue weighted by Crippen LogP contribution is -2.52. The van der Waals surface area contributed by atoms with Crippen molar-refractivity contribution in [2.45, 2.75) is 32.2 Å². The molecule has 0 radical (unpaired) electrons. The first-order valence-corrected chi connectivity index (χ1v) is 7.63. The molecule has 0 bridgehead atoms. The van der Waals surface area contributed by atoms with Crippen molar-refractivity contribution in [3.05, 3.63) is 29.0 Å². The molecule has 1 aromatic carbocycles. The highest BCUT2D eigenvalue weighted by molar-refractivity contribution is 6.31. The van der Waals surface area contributed by atoms with E-state index < -0.39 is 5.82 Å². The molecule has 1 atom stereocenters. The minimum Gasteiger partial charge on any atom is -0.324 e. The average Bonchev–Trinajstić information content (AvgIpc) is 2.46. The number of anilines is 1. The minimum absolute atomic E-state index is 0.0375. The third-order valence-electron chi connectivity index (χ3n) is 3.52. The summed E-state index contributed by atoms with van der Waals surface area (Å²) in [7, 11) is 0. The number of benzene rings is 1. The summed E-state index contributed by atoms with van der Waals surface area (Å²) in [6, 6.07) is 4.13. The molecule has 2 N–H and O–H groups in total. The predicted octanol–water partition coefficient (Wildman–Crippen LogP) is 2.37. The summed E-state index contributed by atoms with van der Waals surface area (Å²) in [6.45, 7) is 2.39. The summed E-state index contributed by atoms with van der Waals surface area (Å²) in [6.07, 6.45) is 2.36. The van der Waals surface area contributed by atoms with Gasteiger partial charge in [-0.25, -0.2) is 4.39 Å². The average molecular weight is 328 g/mol. The lowest BCUT2D eigenvalue weighted by atomic mass is 10.1. The van der Waals surface area contributed by atoms with Crippen molar-refractivity contribution in [3.8, 4) is 0 Å². The first kappa shape index (κ1) is 16.7. The number of amides is 2. The van der Waals surface area contributed by atoms with Gasteiger partial charge in [0, 0.05) is 18.2 Å². The summed E-state index contributed by atoms with van der Waals surface area (Å²) in [5.74, 6) is -0.923. The van der Waals surface area contributed by atoms with Crippen molar-refractivity contribution in [3.63, 3.8) is 0 Å². The van der Waals surface area contributed by atoms with E-state index in [0.717, 1.165) is 12.8 Å². The molecule has 0 spiro atoms. The second-order valence-corrected chi connectivity index (χ2v) is 5.73. The topological polar surface area (TPSA) is 61.4 Å². The third-order valence-corrected chi connectivity index (χ3v) is 3.81. The van der Waals surface area contributed by atoms with Crippen LogP contribution >= 0.6 is 11.6 Å². The van der Waals surface area contributed by atoms with Crippen LogP contribution in [0.5, 0.6) is 0 Å². The van der Waals surface area contributed by atoms with Gasteiger partial charge in [0.2, 0.25) is 11.8 Å². The van der Waals surface area contributed by atoms with Crippen molar-refractivity contribution in [2.24, 2.45) is 0 Å². The third kappa shape index (κ3) is 4.42. The number of nitrogens with one attached hydrogen (secondary N) is 2. The molecule has 0 aliphatic carbocycles. The van der Waals surface area contributed by atoms with Gasteiger partial charge in [-0.05, 0) is 24.6 Å². The highest BCUT2D eigenvalue weighted by Crippen LogP contribution is 2.19. The van der Waals surface area contributed by atoms with Crippen LogP contribution in [-0.4, -0.2) is 36.0 Å². The van der Waals surface area contributed by atoms with Gasteiger partial charge < -0.3 is 10.2 Å². The van der Waals surface area contributed by atoms with Crippen LogP contribution in [0.2, 0.25) is 5.02 Å². The molecule has 22 heavy (non-hydrogen) atoms. The van der Waals surface area contributed by atoms with Gasteiger partial charge in [-0.2, -0.15) is 0 Å². The molecule has 1 heterocycles. The van der Waals surface area contributed by atoms with Gasteiger partial charge in [-0.1, -0.05) is 24.9 Å². The Morgan fingerprint density at radius 1 is 1.55 bits per heavy atom. The number of hydrogen-bond donors (Lipinski definition) is 2. The molecule has 120 valence electrons. The number of rotatable bonds is 5. The molecular weight excluding hydrogens is 309 g/mol. The van der Waals surface area contributed by atoms with Crippen LogP contribution in [0.3, 0.4) is 0 Å². The summed E-state index contributed by atoms with van der Waals surface area (Å²) in [4.78, 5) is 25.4. The SMILES string of the molecule is CCCC1CC(=O)N(CC(=O)Nc2ccc(F)c(Cl)c2)CN1. The summed E-state index contributed by atoms with van der Waals surface area (Å²) < 4.78 is 13.1. The molecule has 0 saturated carbocycles. The summed E-state index contributed by atoms with van der Waals surface area (Å²) >= 11 is 5.66. The zero-order valence-electron chi connectivity index (χ0n) is 12.4. The van der Waals surface area contributed by atoms with Crippen LogP contribution in [0.1, 0.15) is 26.2 Å². The van der Waals surface area contributed by atoms with Crippen LogP contribution in [0.15, 0.2) is 18.2 Å². The fourth-order valence-electron chi connectivity index (χ4n) is 2.38. The first-order valence-electron chi connectivity index (χ1n) is 7.25. The van der Waals surface area contributed by atoms with Crippen molar-refractivity contribution >= 4 is 29.1 Å². The normalized spacial score (nSPS) is 18.4. The lowest BCUT2D eigenvalue weighted by molar-refractivity contribution is -0.138. The van der Waals surface area contributed by atoms with Crippen LogP contribution in [0.25, 0.3) is 0 Å². The molecule has 1 saturated heterocycles. The highest BCUT2D eigenvalue weighted by atomic mass is 35.5. The predicted molar refractivity (Wildman–Crippen MR) is 83.1 cm³/mol. The smallest absolute Gasteiger partial charge is 0.244 e. The Morgan fingerprint density at radius 3 is 2.95 bits per heavy atom. The van der Waals surface area contributed by atoms with Crippen molar-refractivity contribution in [1.29, 1.82) is 0 Å². The fraction of sp³-hybridized carbons (Fsp3) is 0.467. The standard InChI is InChI=1S/C15H19ClFN3O2/c1-2-3-10-7-15(22)20(9-18-10)8-14(21)19-11-4-5-13(17)12(16)6-11/h4-6,10,18H,2-3,7-9H2,1H3,(H,19,21). The van der Waals surface area contributed by atoms with Crippen LogP contribution in [0, 0.1) is 5.82 Å². The summed E-state index contributed by atoms with van der Waals surface area (Å²) in [5.41, 5.74) is 0.401. The molecule has 1 aliphatic heterocycles. The Hall–Kier alpha value is -1.66. The maximum absolute atomic E-state index is 13.1. The van der Waals surface area contributed by atoms with Crippen molar-refractivity contribution in [2.75, 3.05) is 18.5 Å². The Labute approximate surface area is 133 Å². The van der Waals surface area contributed by atoms with E-state index in [1.807, 2.05) is 0 Å². The second-order valence-electron chi connectivity index (χ2n) is 5.32. The number of carbonyl (C=O) groups is 2. The van der Waals surface area contributed by atoms with Gasteiger partial charge >= 0.3 is 0 Å². The number of hydrogen-bond acceptors (Lipinski definition) is 3. The summed E-state index contributed by atoms with van der Waals surface area (Å²) in [5, 5.41) is 5.78. The molecule has 2 rings (SSSR count). The maximum Gasteiger partial charge on any atom is 0.244 e. The lowest BCUT2D eigenvalue weighted by Gasteiger charge is -2.32. The molecule has 0 aromatic heterocycles. The molecule has 1 aliphatic rings. The van der Waals surface area contributed by atoms with Gasteiger partial charge in [0.1, 0.15) is 12.4 Å². The van der Waals surface area contributed by atoms with E-state index in [9.17, 15) is 14.0 Å². The molecule has 5 nitrogen and oxygen atoms in total. The van der Waals surface area contributed by atoms with Gasteiger partial charge in [-0.15, -0.1) is 0 Å². The Morgan fingerprint density at radius 2 is 2.32 bits per heavy atom. The highest BCUT2D eigenvalue weighted by Gasteiger charge is 2.26. The molecule has 1 fully saturated rings. The molecular formula is C15H19ClFN3O2. The Balaban J connectivity index is 1.87. The zero-order chi connectivity index (χ0) is 16.1. The number of halogens is 2. The molecule has 2 amide bonds. The van der Waals surface area contributed by atoms with Crippen LogP contribution < -0.4 is 10.6 Å². The van der Waals surface area contributed by atoms with Crippen molar-refractivity contribution in [1.82, 2.24) is 10.2 Å². The molecule has 1 aromatic rings. The van der Waals surface area contributed by atoms with Crippen molar-refractivity contribution < 1.29 is 14.0 Å². The van der Waals surface area contributed by atoms with E-state index in [-0.39, 0.29) is 29.4 Å². The monoisotopic (exact) mass is 327 g/mol. The maximum atomic E-state index is 13.1. The molecule has 7 heteroatoms. The Kier molecular flexibility index (Phi) is 5.74. The van der Waals surface area contributed by atoms with E-state index >= 15 is 0 Å². The van der Waals surface area contributed by atoms with E-state index in [4.69, 9.17) is 11.6 Å². The second kappa shape index (κ2) is 7.56. The fourth-order valence-corrected chi connectivity index (χ4v) is 2.56. The van der Waals surface area contributed by atoms with E-state index in [2.05, 4.69) is 17.6 Å². The number of carbonyl (C=O) groups excluding carboxylic acids is 2. The largest absolute Gasteiger partial charge is 0.324 e. The van der Waals surface area contributed by atoms with Gasteiger partial charge in [0.25, 0.3) is 0 Å². The molecule has 1 unspecified atom stereocenters.